The van der Waals surface area contributed by atoms with Gasteiger partial charge in [0.15, 0.2) is 0 Å². The van der Waals surface area contributed by atoms with Crippen molar-refractivity contribution >= 4 is 11.6 Å². The van der Waals surface area contributed by atoms with Crippen LogP contribution in [-0.4, -0.2) is 18.6 Å². The third kappa shape index (κ3) is 0.740. The SMILES string of the molecule is ClC1NCC2=C1NCC2. The third-order valence-electron chi connectivity index (χ3n) is 1.87. The van der Waals surface area contributed by atoms with Crippen LogP contribution >= 0.6 is 11.6 Å². The summed E-state index contributed by atoms with van der Waals surface area (Å²) in [5.74, 6) is 0. The molecule has 2 aliphatic rings. The smallest absolute Gasteiger partial charge is 0.123 e. The normalized spacial score (nSPS) is 32.8. The largest absolute Gasteiger partial charge is 0.386 e. The van der Waals surface area contributed by atoms with Crippen LogP contribution in [0.4, 0.5) is 0 Å². The quantitative estimate of drug-likeness (QED) is 0.380. The van der Waals surface area contributed by atoms with E-state index in [1.807, 2.05) is 0 Å². The van der Waals surface area contributed by atoms with E-state index in [1.54, 1.807) is 0 Å². The van der Waals surface area contributed by atoms with Crippen LogP contribution in [0.2, 0.25) is 0 Å². The van der Waals surface area contributed by atoms with Gasteiger partial charge in [-0.2, -0.15) is 0 Å². The molecule has 2 nitrogen and oxygen atoms in total. The van der Waals surface area contributed by atoms with Gasteiger partial charge in [-0.25, -0.2) is 0 Å². The molecule has 2 aliphatic heterocycles. The molecule has 3 heteroatoms. The lowest BCUT2D eigenvalue weighted by Gasteiger charge is -2.05. The summed E-state index contributed by atoms with van der Waals surface area (Å²) in [7, 11) is 0. The molecule has 0 bridgehead atoms. The molecule has 50 valence electrons. The van der Waals surface area contributed by atoms with Gasteiger partial charge in [0.05, 0.1) is 0 Å². The molecule has 0 saturated heterocycles. The lowest BCUT2D eigenvalue weighted by atomic mass is 10.2. The lowest BCUT2D eigenvalue weighted by Crippen LogP contribution is -2.25. The topological polar surface area (TPSA) is 24.1 Å². The van der Waals surface area contributed by atoms with E-state index in [9.17, 15) is 0 Å². The Hall–Kier alpha value is -0.210. The summed E-state index contributed by atoms with van der Waals surface area (Å²) < 4.78 is 0. The molecule has 1 atom stereocenters. The second-order valence-corrected chi connectivity index (χ2v) is 2.87. The minimum absolute atomic E-state index is 0.0579. The Balaban J connectivity index is 2.24. The lowest BCUT2D eigenvalue weighted by molar-refractivity contribution is 0.717. The van der Waals surface area contributed by atoms with Crippen LogP contribution in [0.1, 0.15) is 6.42 Å². The summed E-state index contributed by atoms with van der Waals surface area (Å²) in [6.45, 7) is 2.06. The first kappa shape index (κ1) is 5.57. The molecule has 9 heavy (non-hydrogen) atoms. The highest BCUT2D eigenvalue weighted by Gasteiger charge is 2.25. The predicted octanol–water partition coefficient (Wildman–Crippen LogP) is 0.402. The van der Waals surface area contributed by atoms with E-state index >= 15 is 0 Å². The molecule has 0 aromatic rings. The number of halogens is 1. The average molecular weight is 145 g/mol. The zero-order valence-electron chi connectivity index (χ0n) is 5.08. The van der Waals surface area contributed by atoms with Crippen LogP contribution in [-0.2, 0) is 0 Å². The highest BCUT2D eigenvalue weighted by Crippen LogP contribution is 2.22. The van der Waals surface area contributed by atoms with Crippen molar-refractivity contribution in [1.82, 2.24) is 10.6 Å². The van der Waals surface area contributed by atoms with Crippen LogP contribution in [0.25, 0.3) is 0 Å². The van der Waals surface area contributed by atoms with E-state index in [0.29, 0.717) is 0 Å². The van der Waals surface area contributed by atoms with Gasteiger partial charge in [-0.05, 0) is 12.0 Å². The first-order chi connectivity index (χ1) is 4.38. The number of hydrogen-bond donors (Lipinski definition) is 2. The van der Waals surface area contributed by atoms with Crippen LogP contribution in [0.5, 0.6) is 0 Å². The predicted molar refractivity (Wildman–Crippen MR) is 37.3 cm³/mol. The fraction of sp³-hybridized carbons (Fsp3) is 0.667. The van der Waals surface area contributed by atoms with E-state index in [2.05, 4.69) is 10.6 Å². The fourth-order valence-electron chi connectivity index (χ4n) is 1.38. The Morgan fingerprint density at radius 3 is 3.22 bits per heavy atom. The Morgan fingerprint density at radius 1 is 1.56 bits per heavy atom. The molecular formula is C6H9ClN2. The second kappa shape index (κ2) is 1.89. The first-order valence-corrected chi connectivity index (χ1v) is 3.65. The molecule has 1 unspecified atom stereocenters. The van der Waals surface area contributed by atoms with Crippen molar-refractivity contribution in [1.29, 1.82) is 0 Å². The van der Waals surface area contributed by atoms with E-state index < -0.39 is 0 Å². The van der Waals surface area contributed by atoms with Gasteiger partial charge in [-0.15, -0.1) is 0 Å². The molecule has 2 rings (SSSR count). The maximum absolute atomic E-state index is 5.88. The third-order valence-corrected chi connectivity index (χ3v) is 2.24. The first-order valence-electron chi connectivity index (χ1n) is 3.21. The number of nitrogens with one attached hydrogen (secondary N) is 2. The summed E-state index contributed by atoms with van der Waals surface area (Å²) in [6, 6.07) is 0. The summed E-state index contributed by atoms with van der Waals surface area (Å²) in [6.07, 6.45) is 1.17. The minimum Gasteiger partial charge on any atom is -0.386 e. The van der Waals surface area contributed by atoms with Crippen molar-refractivity contribution < 1.29 is 0 Å². The van der Waals surface area contributed by atoms with Crippen molar-refractivity contribution in [3.8, 4) is 0 Å². The summed E-state index contributed by atoms with van der Waals surface area (Å²) in [4.78, 5) is 0. The van der Waals surface area contributed by atoms with Crippen molar-refractivity contribution in [2.24, 2.45) is 0 Å². The van der Waals surface area contributed by atoms with Crippen LogP contribution < -0.4 is 10.6 Å². The van der Waals surface area contributed by atoms with Gasteiger partial charge < -0.3 is 5.32 Å². The minimum atomic E-state index is 0.0579. The zero-order chi connectivity index (χ0) is 6.27. The Bertz CT molecular complexity index is 164. The maximum atomic E-state index is 5.88. The molecule has 0 aromatic heterocycles. The molecule has 0 fully saturated rings. The highest BCUT2D eigenvalue weighted by molar-refractivity contribution is 6.22. The zero-order valence-corrected chi connectivity index (χ0v) is 5.83. The number of rotatable bonds is 0. The van der Waals surface area contributed by atoms with Gasteiger partial charge >= 0.3 is 0 Å². The molecule has 0 amide bonds. The molecule has 0 spiro atoms. The second-order valence-electron chi connectivity index (χ2n) is 2.44. The Kier molecular flexibility index (Phi) is 1.17. The molecule has 0 aromatic carbocycles. The molecular weight excluding hydrogens is 136 g/mol. The van der Waals surface area contributed by atoms with Gasteiger partial charge in [0.2, 0.25) is 0 Å². The monoisotopic (exact) mass is 144 g/mol. The van der Waals surface area contributed by atoms with E-state index in [-0.39, 0.29) is 5.50 Å². The van der Waals surface area contributed by atoms with Gasteiger partial charge in [-0.3, -0.25) is 5.32 Å². The average Bonchev–Trinajstić information content (AvgIpc) is 2.35. The van der Waals surface area contributed by atoms with Crippen molar-refractivity contribution in [3.63, 3.8) is 0 Å². The summed E-state index contributed by atoms with van der Waals surface area (Å²) >= 11 is 5.88. The van der Waals surface area contributed by atoms with E-state index in [1.165, 1.54) is 17.7 Å². The van der Waals surface area contributed by atoms with Crippen molar-refractivity contribution in [2.75, 3.05) is 13.1 Å². The van der Waals surface area contributed by atoms with Gasteiger partial charge in [0, 0.05) is 18.8 Å². The van der Waals surface area contributed by atoms with Crippen molar-refractivity contribution in [3.05, 3.63) is 11.3 Å². The number of hydrogen-bond acceptors (Lipinski definition) is 2. The van der Waals surface area contributed by atoms with Crippen LogP contribution in [0, 0.1) is 0 Å². The molecule has 2 N–H and O–H groups in total. The summed E-state index contributed by atoms with van der Waals surface area (Å²) in [5, 5.41) is 6.40. The highest BCUT2D eigenvalue weighted by atomic mass is 35.5. The number of alkyl halides is 1. The van der Waals surface area contributed by atoms with Crippen molar-refractivity contribution in [2.45, 2.75) is 11.9 Å². The summed E-state index contributed by atoms with van der Waals surface area (Å²) in [5.41, 5.74) is 2.76. The Morgan fingerprint density at radius 2 is 2.44 bits per heavy atom. The van der Waals surface area contributed by atoms with Crippen LogP contribution in [0.15, 0.2) is 11.3 Å². The molecule has 0 radical (unpaired) electrons. The van der Waals surface area contributed by atoms with E-state index in [4.69, 9.17) is 11.6 Å². The standard InChI is InChI=1S/C6H9ClN2/c7-6-5-4(3-9-6)1-2-8-5/h6,8-9H,1-3H2. The van der Waals surface area contributed by atoms with E-state index in [0.717, 1.165) is 13.1 Å². The van der Waals surface area contributed by atoms with Gasteiger partial charge in [0.25, 0.3) is 0 Å². The fourth-order valence-corrected chi connectivity index (χ4v) is 1.68. The maximum Gasteiger partial charge on any atom is 0.123 e. The van der Waals surface area contributed by atoms with Crippen LogP contribution in [0.3, 0.4) is 0 Å². The molecule has 0 aliphatic carbocycles. The Labute approximate surface area is 59.3 Å². The molecule has 0 saturated carbocycles. The van der Waals surface area contributed by atoms with Gasteiger partial charge in [-0.1, -0.05) is 11.6 Å². The molecule has 2 heterocycles. The van der Waals surface area contributed by atoms with Gasteiger partial charge in [0.1, 0.15) is 5.50 Å².